The van der Waals surface area contributed by atoms with Crippen LogP contribution in [0.5, 0.6) is 0 Å². The van der Waals surface area contributed by atoms with Gasteiger partial charge in [0.2, 0.25) is 5.76 Å². The summed E-state index contributed by atoms with van der Waals surface area (Å²) in [6.07, 6.45) is 5.69. The lowest BCUT2D eigenvalue weighted by atomic mass is 10.1. The first kappa shape index (κ1) is 13.8. The standard InChI is InChI=1S/C20H13N3O2/c21-20(24)19-17(14-6-1-2-7-16(14)25-19)15-11-23-9-8-12-4-3-5-13(10-22-15)18(12)23/h1-11H,(H2,21,24). The molecule has 2 aromatic carbocycles. The first-order valence-electron chi connectivity index (χ1n) is 7.89. The number of hydrogen-bond acceptors (Lipinski definition) is 3. The molecule has 0 radical (unpaired) electrons. The number of aliphatic imine (C=N–C) groups is 1. The second-order valence-corrected chi connectivity index (χ2v) is 5.95. The Balaban J connectivity index is 1.83. The van der Waals surface area contributed by atoms with E-state index in [2.05, 4.69) is 17.1 Å². The molecule has 25 heavy (non-hydrogen) atoms. The number of nitrogens with zero attached hydrogens (tertiary/aromatic N) is 2. The van der Waals surface area contributed by atoms with Gasteiger partial charge in [-0.25, -0.2) is 0 Å². The smallest absolute Gasteiger partial charge is 0.285 e. The Morgan fingerprint density at radius 1 is 1.08 bits per heavy atom. The van der Waals surface area contributed by atoms with Crippen LogP contribution < -0.4 is 5.73 Å². The van der Waals surface area contributed by atoms with Gasteiger partial charge in [-0.05, 0) is 12.1 Å². The first-order valence-corrected chi connectivity index (χ1v) is 7.89. The van der Waals surface area contributed by atoms with E-state index < -0.39 is 5.91 Å². The maximum absolute atomic E-state index is 11.9. The third-order valence-corrected chi connectivity index (χ3v) is 4.45. The molecule has 3 heterocycles. The molecule has 0 atom stereocenters. The number of amides is 1. The molecule has 0 bridgehead atoms. The Bertz CT molecular complexity index is 1220. The molecule has 0 fully saturated rings. The van der Waals surface area contributed by atoms with Gasteiger partial charge in [0.15, 0.2) is 0 Å². The van der Waals surface area contributed by atoms with Crippen molar-refractivity contribution >= 4 is 45.9 Å². The van der Waals surface area contributed by atoms with E-state index in [1.54, 1.807) is 0 Å². The monoisotopic (exact) mass is 327 g/mol. The lowest BCUT2D eigenvalue weighted by molar-refractivity contribution is 0.0975. The number of fused-ring (bicyclic) bond motifs is 1. The van der Waals surface area contributed by atoms with Crippen LogP contribution in [0, 0.1) is 0 Å². The highest BCUT2D eigenvalue weighted by molar-refractivity contribution is 6.09. The van der Waals surface area contributed by atoms with Gasteiger partial charge in [0, 0.05) is 34.9 Å². The van der Waals surface area contributed by atoms with Crippen molar-refractivity contribution < 1.29 is 9.21 Å². The Hall–Kier alpha value is -3.60. The van der Waals surface area contributed by atoms with Crippen LogP contribution in [0.1, 0.15) is 21.7 Å². The molecule has 2 aromatic heterocycles. The highest BCUT2D eigenvalue weighted by Crippen LogP contribution is 2.34. The molecule has 120 valence electrons. The number of nitrogens with two attached hydrogens (primary N) is 1. The number of hydrogen-bond donors (Lipinski definition) is 1. The number of aromatic nitrogens is 1. The van der Waals surface area contributed by atoms with E-state index in [9.17, 15) is 4.79 Å². The molecule has 5 rings (SSSR count). The van der Waals surface area contributed by atoms with Crippen molar-refractivity contribution in [3.05, 3.63) is 71.6 Å². The normalized spacial score (nSPS) is 13.2. The Kier molecular flexibility index (Phi) is 2.73. The molecular formula is C20H13N3O2. The number of carbonyl (C=O) groups excluding carboxylic acids is 1. The molecular weight excluding hydrogens is 314 g/mol. The zero-order valence-electron chi connectivity index (χ0n) is 13.1. The van der Waals surface area contributed by atoms with E-state index in [4.69, 9.17) is 10.2 Å². The maximum Gasteiger partial charge on any atom is 0.285 e. The van der Waals surface area contributed by atoms with Crippen molar-refractivity contribution in [3.63, 3.8) is 0 Å². The average molecular weight is 327 g/mol. The summed E-state index contributed by atoms with van der Waals surface area (Å²) in [5.74, 6) is -0.485. The topological polar surface area (TPSA) is 73.5 Å². The van der Waals surface area contributed by atoms with Gasteiger partial charge in [-0.15, -0.1) is 0 Å². The summed E-state index contributed by atoms with van der Waals surface area (Å²) >= 11 is 0. The number of benzene rings is 2. The molecule has 5 heteroatoms. The van der Waals surface area contributed by atoms with Crippen molar-refractivity contribution in [2.45, 2.75) is 0 Å². The SMILES string of the molecule is NC(=O)c1oc2ccccc2c1C1=Cn2ccc3cccc(c32)C=N1. The minimum atomic E-state index is -0.610. The molecule has 2 N–H and O–H groups in total. The minimum Gasteiger partial charge on any atom is -0.450 e. The number of rotatable bonds is 2. The van der Waals surface area contributed by atoms with Gasteiger partial charge in [0.1, 0.15) is 5.58 Å². The van der Waals surface area contributed by atoms with Crippen LogP contribution in [0.15, 0.2) is 64.1 Å². The predicted molar refractivity (Wildman–Crippen MR) is 98.4 cm³/mol. The molecule has 1 aliphatic heterocycles. The molecule has 5 nitrogen and oxygen atoms in total. The van der Waals surface area contributed by atoms with E-state index in [1.807, 2.05) is 59.6 Å². The Morgan fingerprint density at radius 3 is 2.84 bits per heavy atom. The van der Waals surface area contributed by atoms with Crippen molar-refractivity contribution in [1.82, 2.24) is 4.57 Å². The highest BCUT2D eigenvalue weighted by atomic mass is 16.3. The van der Waals surface area contributed by atoms with Gasteiger partial charge in [-0.2, -0.15) is 0 Å². The van der Waals surface area contributed by atoms with Gasteiger partial charge in [0.05, 0.1) is 16.8 Å². The third-order valence-electron chi connectivity index (χ3n) is 4.45. The van der Waals surface area contributed by atoms with Gasteiger partial charge in [-0.3, -0.25) is 9.79 Å². The summed E-state index contributed by atoms with van der Waals surface area (Å²) in [4.78, 5) is 16.5. The zero-order valence-corrected chi connectivity index (χ0v) is 13.1. The summed E-state index contributed by atoms with van der Waals surface area (Å²) < 4.78 is 7.70. The van der Waals surface area contributed by atoms with E-state index in [-0.39, 0.29) is 5.76 Å². The second kappa shape index (κ2) is 4.95. The van der Waals surface area contributed by atoms with E-state index in [0.29, 0.717) is 16.8 Å². The summed E-state index contributed by atoms with van der Waals surface area (Å²) in [7, 11) is 0. The molecule has 0 spiro atoms. The van der Waals surface area contributed by atoms with E-state index >= 15 is 0 Å². The van der Waals surface area contributed by atoms with Crippen LogP contribution in [0.3, 0.4) is 0 Å². The fourth-order valence-corrected chi connectivity index (χ4v) is 3.37. The van der Waals surface area contributed by atoms with Crippen LogP contribution in [-0.4, -0.2) is 16.7 Å². The highest BCUT2D eigenvalue weighted by Gasteiger charge is 2.22. The first-order chi connectivity index (χ1) is 12.2. The summed E-state index contributed by atoms with van der Waals surface area (Å²) in [5.41, 5.74) is 9.50. The van der Waals surface area contributed by atoms with Gasteiger partial charge in [-0.1, -0.05) is 36.4 Å². The average Bonchev–Trinajstić information content (AvgIpc) is 3.15. The number of furan rings is 1. The second-order valence-electron chi connectivity index (χ2n) is 5.95. The number of primary amides is 1. The van der Waals surface area contributed by atoms with Gasteiger partial charge < -0.3 is 14.7 Å². The Morgan fingerprint density at radius 2 is 1.96 bits per heavy atom. The van der Waals surface area contributed by atoms with Gasteiger partial charge >= 0.3 is 0 Å². The van der Waals surface area contributed by atoms with Crippen molar-refractivity contribution in [3.8, 4) is 0 Å². The fraction of sp³-hybridized carbons (Fsp3) is 0. The van der Waals surface area contributed by atoms with Crippen molar-refractivity contribution in [2.24, 2.45) is 10.7 Å². The fourth-order valence-electron chi connectivity index (χ4n) is 3.37. The summed E-state index contributed by atoms with van der Waals surface area (Å²) in [6, 6.07) is 15.6. The molecule has 0 saturated carbocycles. The predicted octanol–water partition coefficient (Wildman–Crippen LogP) is 3.87. The number of carbonyl (C=O) groups is 1. The Labute approximate surface area is 142 Å². The molecule has 4 aromatic rings. The van der Waals surface area contributed by atoms with Crippen LogP contribution in [-0.2, 0) is 0 Å². The van der Waals surface area contributed by atoms with E-state index in [1.165, 1.54) is 0 Å². The molecule has 1 amide bonds. The lowest BCUT2D eigenvalue weighted by Gasteiger charge is -2.02. The molecule has 0 aliphatic carbocycles. The molecule has 0 unspecified atom stereocenters. The third kappa shape index (κ3) is 1.96. The summed E-state index contributed by atoms with van der Waals surface area (Å²) in [5, 5.41) is 1.95. The molecule has 0 saturated heterocycles. The lowest BCUT2D eigenvalue weighted by Crippen LogP contribution is -2.11. The quantitative estimate of drug-likeness (QED) is 0.607. The number of para-hydroxylation sites is 2. The molecule has 1 aliphatic rings. The van der Waals surface area contributed by atoms with Crippen LogP contribution >= 0.6 is 0 Å². The van der Waals surface area contributed by atoms with Crippen molar-refractivity contribution in [1.29, 1.82) is 0 Å². The van der Waals surface area contributed by atoms with Crippen molar-refractivity contribution in [2.75, 3.05) is 0 Å². The van der Waals surface area contributed by atoms with Gasteiger partial charge in [0.25, 0.3) is 5.91 Å². The largest absolute Gasteiger partial charge is 0.450 e. The zero-order chi connectivity index (χ0) is 17.0. The van der Waals surface area contributed by atoms with Crippen LogP contribution in [0.4, 0.5) is 0 Å². The van der Waals surface area contributed by atoms with E-state index in [0.717, 1.165) is 21.9 Å². The summed E-state index contributed by atoms with van der Waals surface area (Å²) in [6.45, 7) is 0. The van der Waals surface area contributed by atoms with Crippen LogP contribution in [0.2, 0.25) is 0 Å². The maximum atomic E-state index is 11.9. The van der Waals surface area contributed by atoms with Crippen LogP contribution in [0.25, 0.3) is 33.8 Å². The minimum absolute atomic E-state index is 0.124.